The van der Waals surface area contributed by atoms with Gasteiger partial charge in [-0.2, -0.15) is 11.8 Å². The van der Waals surface area contributed by atoms with Crippen LogP contribution in [-0.2, 0) is 12.2 Å². The second-order valence-electron chi connectivity index (χ2n) is 4.27. The maximum atomic E-state index is 6.09. The quantitative estimate of drug-likeness (QED) is 0.763. The fourth-order valence-corrected chi connectivity index (χ4v) is 3.95. The van der Waals surface area contributed by atoms with Crippen molar-refractivity contribution in [3.05, 3.63) is 21.7 Å². The molecule has 0 radical (unpaired) electrons. The number of rotatable bonds is 4. The average Bonchev–Trinajstić information content (AvgIpc) is 2.79. The maximum absolute atomic E-state index is 6.09. The first-order valence-corrected chi connectivity index (χ1v) is 7.83. The van der Waals surface area contributed by atoms with Crippen LogP contribution in [0.25, 0.3) is 0 Å². The second kappa shape index (κ2) is 6.26. The fraction of sp³-hybridized carbons (Fsp3) is 0.667. The highest BCUT2D eigenvalue weighted by Gasteiger charge is 2.17. The monoisotopic (exact) mass is 290 g/mol. The van der Waals surface area contributed by atoms with Crippen LogP contribution in [0.2, 0.25) is 10.3 Å². The van der Waals surface area contributed by atoms with Crippen LogP contribution in [0, 0.1) is 0 Å². The summed E-state index contributed by atoms with van der Waals surface area (Å²) in [4.78, 5) is 8.63. The Hall–Kier alpha value is 0.01000. The van der Waals surface area contributed by atoms with Gasteiger partial charge >= 0.3 is 0 Å². The Morgan fingerprint density at radius 2 is 1.76 bits per heavy atom. The fourth-order valence-electron chi connectivity index (χ4n) is 2.08. The molecule has 1 fully saturated rings. The lowest BCUT2D eigenvalue weighted by Gasteiger charge is -2.09. The molecule has 0 atom stereocenters. The first kappa shape index (κ1) is 13.4. The summed E-state index contributed by atoms with van der Waals surface area (Å²) < 4.78 is 0. The van der Waals surface area contributed by atoms with Gasteiger partial charge in [-0.1, -0.05) is 43.0 Å². The smallest absolute Gasteiger partial charge is 0.141 e. The van der Waals surface area contributed by atoms with Crippen molar-refractivity contribution < 1.29 is 0 Å². The summed E-state index contributed by atoms with van der Waals surface area (Å²) in [5.74, 6) is 1.57. The minimum absolute atomic E-state index is 0.509. The van der Waals surface area contributed by atoms with Gasteiger partial charge in [0.05, 0.1) is 5.75 Å². The van der Waals surface area contributed by atoms with Gasteiger partial charge in [0, 0.05) is 10.8 Å². The molecule has 94 valence electrons. The highest BCUT2D eigenvalue weighted by molar-refractivity contribution is 7.99. The van der Waals surface area contributed by atoms with Crippen molar-refractivity contribution in [2.75, 3.05) is 0 Å². The Morgan fingerprint density at radius 3 is 2.29 bits per heavy atom. The van der Waals surface area contributed by atoms with Crippen molar-refractivity contribution in [2.24, 2.45) is 0 Å². The third-order valence-corrected chi connectivity index (χ3v) is 5.05. The molecule has 2 rings (SSSR count). The number of nitrogens with zero attached hydrogens (tertiary/aromatic N) is 2. The summed E-state index contributed by atoms with van der Waals surface area (Å²) in [5.41, 5.74) is 0.850. The van der Waals surface area contributed by atoms with Gasteiger partial charge in [-0.25, -0.2) is 9.97 Å². The molecule has 1 heterocycles. The highest BCUT2D eigenvalue weighted by atomic mass is 35.5. The van der Waals surface area contributed by atoms with Gasteiger partial charge < -0.3 is 0 Å². The lowest BCUT2D eigenvalue weighted by molar-refractivity contribution is 0.886. The lowest BCUT2D eigenvalue weighted by Crippen LogP contribution is -2.01. The van der Waals surface area contributed by atoms with Crippen molar-refractivity contribution >= 4 is 35.0 Å². The predicted molar refractivity (Wildman–Crippen MR) is 75.0 cm³/mol. The lowest BCUT2D eigenvalue weighted by atomic mass is 10.3. The normalized spacial score (nSPS) is 16.6. The van der Waals surface area contributed by atoms with Crippen molar-refractivity contribution in [3.8, 4) is 0 Å². The number of halogens is 2. The molecule has 0 aliphatic heterocycles. The van der Waals surface area contributed by atoms with Gasteiger partial charge in [-0.15, -0.1) is 0 Å². The van der Waals surface area contributed by atoms with E-state index in [1.165, 1.54) is 25.7 Å². The molecule has 0 aromatic carbocycles. The molecule has 0 N–H and O–H groups in total. The van der Waals surface area contributed by atoms with E-state index >= 15 is 0 Å². The van der Waals surface area contributed by atoms with Crippen molar-refractivity contribution in [1.82, 2.24) is 9.97 Å². The van der Waals surface area contributed by atoms with Gasteiger partial charge in [0.25, 0.3) is 0 Å². The SMILES string of the molecule is CCc1c(Cl)nc(CSC2CCCC2)nc1Cl. The Morgan fingerprint density at radius 1 is 1.18 bits per heavy atom. The summed E-state index contributed by atoms with van der Waals surface area (Å²) in [6.45, 7) is 2.00. The van der Waals surface area contributed by atoms with E-state index < -0.39 is 0 Å². The van der Waals surface area contributed by atoms with Crippen LogP contribution in [0.3, 0.4) is 0 Å². The molecule has 0 spiro atoms. The van der Waals surface area contributed by atoms with Crippen LogP contribution >= 0.6 is 35.0 Å². The largest absolute Gasteiger partial charge is 0.220 e. The van der Waals surface area contributed by atoms with E-state index in [1.54, 1.807) is 0 Å². The molecule has 1 saturated carbocycles. The molecule has 1 aromatic heterocycles. The first-order chi connectivity index (χ1) is 8.20. The van der Waals surface area contributed by atoms with Crippen molar-refractivity contribution in [3.63, 3.8) is 0 Å². The zero-order chi connectivity index (χ0) is 12.3. The van der Waals surface area contributed by atoms with Gasteiger partial charge in [0.1, 0.15) is 16.1 Å². The van der Waals surface area contributed by atoms with Gasteiger partial charge in [-0.3, -0.25) is 0 Å². The number of aromatic nitrogens is 2. The zero-order valence-corrected chi connectivity index (χ0v) is 12.2. The summed E-state index contributed by atoms with van der Waals surface area (Å²) >= 11 is 14.1. The maximum Gasteiger partial charge on any atom is 0.141 e. The van der Waals surface area contributed by atoms with Crippen molar-refractivity contribution in [2.45, 2.75) is 50.0 Å². The van der Waals surface area contributed by atoms with E-state index in [4.69, 9.17) is 23.2 Å². The Balaban J connectivity index is 2.01. The molecule has 1 aliphatic rings. The summed E-state index contributed by atoms with van der Waals surface area (Å²) in [5, 5.41) is 1.78. The molecular weight excluding hydrogens is 275 g/mol. The molecule has 0 unspecified atom stereocenters. The minimum atomic E-state index is 0.509. The van der Waals surface area contributed by atoms with Gasteiger partial charge in [0.15, 0.2) is 0 Å². The average molecular weight is 291 g/mol. The predicted octanol–water partition coefficient (Wildman–Crippen LogP) is 4.52. The van der Waals surface area contributed by atoms with Gasteiger partial charge in [0.2, 0.25) is 0 Å². The van der Waals surface area contributed by atoms with Crippen LogP contribution < -0.4 is 0 Å². The van der Waals surface area contributed by atoms with E-state index in [1.807, 2.05) is 18.7 Å². The molecule has 5 heteroatoms. The Bertz CT molecular complexity index is 369. The summed E-state index contributed by atoms with van der Waals surface area (Å²) in [7, 11) is 0. The third kappa shape index (κ3) is 3.49. The zero-order valence-electron chi connectivity index (χ0n) is 9.88. The Labute approximate surface area is 117 Å². The van der Waals surface area contributed by atoms with Crippen LogP contribution in [0.1, 0.15) is 44.0 Å². The van der Waals surface area contributed by atoms with E-state index in [0.29, 0.717) is 10.3 Å². The van der Waals surface area contributed by atoms with Crippen LogP contribution in [-0.4, -0.2) is 15.2 Å². The number of thioether (sulfide) groups is 1. The van der Waals surface area contributed by atoms with Crippen LogP contribution in [0.15, 0.2) is 0 Å². The van der Waals surface area contributed by atoms with E-state index in [9.17, 15) is 0 Å². The topological polar surface area (TPSA) is 25.8 Å². The van der Waals surface area contributed by atoms with E-state index in [-0.39, 0.29) is 0 Å². The molecule has 0 saturated heterocycles. The molecule has 1 aromatic rings. The highest BCUT2D eigenvalue weighted by Crippen LogP contribution is 2.31. The summed E-state index contributed by atoms with van der Waals surface area (Å²) in [6.07, 6.45) is 6.12. The Kier molecular flexibility index (Phi) is 4.95. The van der Waals surface area contributed by atoms with Gasteiger partial charge in [-0.05, 0) is 19.3 Å². The molecule has 0 amide bonds. The second-order valence-corrected chi connectivity index (χ2v) is 6.28. The standard InChI is InChI=1S/C12H16Cl2N2S/c1-2-9-11(13)15-10(16-12(9)14)7-17-8-5-3-4-6-8/h8H,2-7H2,1H3. The number of hydrogen-bond acceptors (Lipinski definition) is 3. The summed E-state index contributed by atoms with van der Waals surface area (Å²) in [6, 6.07) is 0. The molecular formula is C12H16Cl2N2S. The molecule has 17 heavy (non-hydrogen) atoms. The molecule has 0 bridgehead atoms. The number of hydrogen-bond donors (Lipinski definition) is 0. The van der Waals surface area contributed by atoms with E-state index in [0.717, 1.165) is 28.8 Å². The van der Waals surface area contributed by atoms with E-state index in [2.05, 4.69) is 9.97 Å². The van der Waals surface area contributed by atoms with Crippen LogP contribution in [0.5, 0.6) is 0 Å². The molecule has 1 aliphatic carbocycles. The minimum Gasteiger partial charge on any atom is -0.220 e. The third-order valence-electron chi connectivity index (χ3n) is 3.06. The van der Waals surface area contributed by atoms with Crippen LogP contribution in [0.4, 0.5) is 0 Å². The molecule has 2 nitrogen and oxygen atoms in total. The first-order valence-electron chi connectivity index (χ1n) is 6.03. The van der Waals surface area contributed by atoms with Crippen molar-refractivity contribution in [1.29, 1.82) is 0 Å².